The van der Waals surface area contributed by atoms with Crippen LogP contribution in [0.15, 0.2) is 42.5 Å². The van der Waals surface area contributed by atoms with Crippen LogP contribution in [0.3, 0.4) is 0 Å². The van der Waals surface area contributed by atoms with Gasteiger partial charge in [0.1, 0.15) is 17.6 Å². The van der Waals surface area contributed by atoms with Gasteiger partial charge in [0.05, 0.1) is 12.9 Å². The van der Waals surface area contributed by atoms with E-state index in [9.17, 15) is 14.0 Å². The standard InChI is InChI=1S/C24H30ClFN2O3S/c1-4-12-27-24(30)22(5-2)28(14-17-8-6-9-18(13-17)31-3)23(29)16-32-15-19-20(25)10-7-11-21(19)26/h6-11,13,22H,4-5,12,14-16H2,1-3H3,(H,27,30). The zero-order valence-corrected chi connectivity index (χ0v) is 20.3. The molecule has 0 heterocycles. The molecular formula is C24H30ClFN2O3S. The van der Waals surface area contributed by atoms with Gasteiger partial charge in [0, 0.05) is 29.4 Å². The van der Waals surface area contributed by atoms with Gasteiger partial charge in [-0.1, -0.05) is 43.6 Å². The van der Waals surface area contributed by atoms with Crippen molar-refractivity contribution in [3.63, 3.8) is 0 Å². The van der Waals surface area contributed by atoms with Gasteiger partial charge in [-0.25, -0.2) is 4.39 Å². The number of carbonyl (C=O) groups excluding carboxylic acids is 2. The first kappa shape index (κ1) is 26.0. The van der Waals surface area contributed by atoms with E-state index in [1.165, 1.54) is 17.8 Å². The average molecular weight is 481 g/mol. The smallest absolute Gasteiger partial charge is 0.242 e. The minimum atomic E-state index is -0.599. The molecular weight excluding hydrogens is 451 g/mol. The van der Waals surface area contributed by atoms with Crippen LogP contribution < -0.4 is 10.1 Å². The molecule has 0 fully saturated rings. The fraction of sp³-hybridized carbons (Fsp3) is 0.417. The first-order valence-corrected chi connectivity index (χ1v) is 12.1. The molecule has 0 spiro atoms. The molecule has 2 aromatic carbocycles. The molecule has 5 nitrogen and oxygen atoms in total. The summed E-state index contributed by atoms with van der Waals surface area (Å²) in [7, 11) is 1.58. The minimum Gasteiger partial charge on any atom is -0.497 e. The summed E-state index contributed by atoms with van der Waals surface area (Å²) in [5, 5.41) is 3.23. The second-order valence-corrected chi connectivity index (χ2v) is 8.67. The number of thioether (sulfide) groups is 1. The highest BCUT2D eigenvalue weighted by Gasteiger charge is 2.28. The number of benzene rings is 2. The molecule has 0 bridgehead atoms. The molecule has 0 saturated heterocycles. The van der Waals surface area contributed by atoms with Crippen molar-refractivity contribution in [3.05, 3.63) is 64.4 Å². The Kier molecular flexibility index (Phi) is 10.8. The number of nitrogens with zero attached hydrogens (tertiary/aromatic N) is 1. The van der Waals surface area contributed by atoms with Crippen molar-refractivity contribution >= 4 is 35.2 Å². The molecule has 0 aliphatic heterocycles. The van der Waals surface area contributed by atoms with Crippen LogP contribution in [0.25, 0.3) is 0 Å². The van der Waals surface area contributed by atoms with Crippen molar-refractivity contribution in [3.8, 4) is 5.75 Å². The first-order valence-electron chi connectivity index (χ1n) is 10.6. The van der Waals surface area contributed by atoms with Crippen LogP contribution in [-0.4, -0.2) is 42.2 Å². The van der Waals surface area contributed by atoms with Crippen LogP contribution >= 0.6 is 23.4 Å². The molecule has 1 atom stereocenters. The van der Waals surface area contributed by atoms with Crippen LogP contribution in [0, 0.1) is 5.82 Å². The van der Waals surface area contributed by atoms with Crippen molar-refractivity contribution in [1.29, 1.82) is 0 Å². The van der Waals surface area contributed by atoms with Crippen LogP contribution in [0.4, 0.5) is 4.39 Å². The normalized spacial score (nSPS) is 11.7. The van der Waals surface area contributed by atoms with E-state index in [0.29, 0.717) is 29.3 Å². The average Bonchev–Trinajstić information content (AvgIpc) is 2.79. The molecule has 2 rings (SSSR count). The van der Waals surface area contributed by atoms with Crippen molar-refractivity contribution in [2.24, 2.45) is 0 Å². The highest BCUT2D eigenvalue weighted by Crippen LogP contribution is 2.25. The Morgan fingerprint density at radius 1 is 1.22 bits per heavy atom. The Bertz CT molecular complexity index is 892. The molecule has 0 aliphatic rings. The van der Waals surface area contributed by atoms with Gasteiger partial charge in [-0.05, 0) is 42.7 Å². The summed E-state index contributed by atoms with van der Waals surface area (Å²) < 4.78 is 19.3. The van der Waals surface area contributed by atoms with Crippen LogP contribution in [0.2, 0.25) is 5.02 Å². The maximum Gasteiger partial charge on any atom is 0.242 e. The summed E-state index contributed by atoms with van der Waals surface area (Å²) in [6, 6.07) is 11.4. The maximum absolute atomic E-state index is 14.0. The topological polar surface area (TPSA) is 58.6 Å². The van der Waals surface area contributed by atoms with Crippen molar-refractivity contribution in [2.45, 2.75) is 45.0 Å². The fourth-order valence-corrected chi connectivity index (χ4v) is 4.50. The van der Waals surface area contributed by atoms with Gasteiger partial charge in [-0.3, -0.25) is 9.59 Å². The molecule has 1 unspecified atom stereocenters. The van der Waals surface area contributed by atoms with Crippen LogP contribution in [-0.2, 0) is 21.9 Å². The second kappa shape index (κ2) is 13.3. The van der Waals surface area contributed by atoms with E-state index < -0.39 is 11.9 Å². The van der Waals surface area contributed by atoms with Gasteiger partial charge < -0.3 is 15.0 Å². The number of ether oxygens (including phenoxy) is 1. The molecule has 2 amide bonds. The van der Waals surface area contributed by atoms with Gasteiger partial charge in [-0.2, -0.15) is 0 Å². The van der Waals surface area contributed by atoms with Crippen LogP contribution in [0.5, 0.6) is 5.75 Å². The van der Waals surface area contributed by atoms with E-state index in [1.807, 2.05) is 38.1 Å². The number of rotatable bonds is 12. The first-order chi connectivity index (χ1) is 15.4. The predicted molar refractivity (Wildman–Crippen MR) is 128 cm³/mol. The summed E-state index contributed by atoms with van der Waals surface area (Å²) in [6.45, 7) is 4.69. The molecule has 32 heavy (non-hydrogen) atoms. The van der Waals surface area contributed by atoms with E-state index in [0.717, 1.165) is 12.0 Å². The SMILES string of the molecule is CCCNC(=O)C(CC)N(Cc1cccc(OC)c1)C(=O)CSCc1c(F)cccc1Cl. The Morgan fingerprint density at radius 2 is 1.97 bits per heavy atom. The molecule has 0 saturated carbocycles. The number of hydrogen-bond acceptors (Lipinski definition) is 4. The highest BCUT2D eigenvalue weighted by atomic mass is 35.5. The van der Waals surface area contributed by atoms with E-state index in [2.05, 4.69) is 5.32 Å². The number of methoxy groups -OCH3 is 1. The molecule has 1 N–H and O–H groups in total. The number of amides is 2. The van der Waals surface area contributed by atoms with E-state index in [4.69, 9.17) is 16.3 Å². The van der Waals surface area contributed by atoms with E-state index in [1.54, 1.807) is 24.1 Å². The van der Waals surface area contributed by atoms with Gasteiger partial charge in [0.2, 0.25) is 11.8 Å². The Morgan fingerprint density at radius 3 is 2.62 bits per heavy atom. The van der Waals surface area contributed by atoms with Crippen molar-refractivity contribution in [1.82, 2.24) is 10.2 Å². The Balaban J connectivity index is 2.17. The lowest BCUT2D eigenvalue weighted by Gasteiger charge is -2.30. The molecule has 174 valence electrons. The third-order valence-corrected chi connectivity index (χ3v) is 6.25. The Hall–Kier alpha value is -2.25. The van der Waals surface area contributed by atoms with Crippen molar-refractivity contribution < 1.29 is 18.7 Å². The minimum absolute atomic E-state index is 0.103. The maximum atomic E-state index is 14.0. The van der Waals surface area contributed by atoms with E-state index >= 15 is 0 Å². The lowest BCUT2D eigenvalue weighted by Crippen LogP contribution is -2.49. The fourth-order valence-electron chi connectivity index (χ4n) is 3.25. The largest absolute Gasteiger partial charge is 0.497 e. The van der Waals surface area contributed by atoms with Gasteiger partial charge in [0.15, 0.2) is 0 Å². The van der Waals surface area contributed by atoms with Crippen LogP contribution in [0.1, 0.15) is 37.8 Å². The lowest BCUT2D eigenvalue weighted by atomic mass is 10.1. The second-order valence-electron chi connectivity index (χ2n) is 7.28. The highest BCUT2D eigenvalue weighted by molar-refractivity contribution is 7.99. The number of halogens is 2. The zero-order valence-electron chi connectivity index (χ0n) is 18.7. The summed E-state index contributed by atoms with van der Waals surface area (Å²) in [4.78, 5) is 27.6. The van der Waals surface area contributed by atoms with Gasteiger partial charge in [0.25, 0.3) is 0 Å². The number of hydrogen-bond donors (Lipinski definition) is 1. The predicted octanol–water partition coefficient (Wildman–Crippen LogP) is 5.05. The zero-order chi connectivity index (χ0) is 23.5. The molecule has 0 radical (unpaired) electrons. The third-order valence-electron chi connectivity index (χ3n) is 4.96. The molecule has 8 heteroatoms. The summed E-state index contributed by atoms with van der Waals surface area (Å²) in [5.74, 6) is 0.296. The third kappa shape index (κ3) is 7.41. The lowest BCUT2D eigenvalue weighted by molar-refractivity contribution is -0.139. The van der Waals surface area contributed by atoms with Crippen molar-refractivity contribution in [2.75, 3.05) is 19.4 Å². The molecule has 0 aromatic heterocycles. The summed E-state index contributed by atoms with van der Waals surface area (Å²) in [6.07, 6.45) is 1.29. The van der Waals surface area contributed by atoms with E-state index in [-0.39, 0.29) is 29.9 Å². The van der Waals surface area contributed by atoms with Gasteiger partial charge in [-0.15, -0.1) is 11.8 Å². The number of nitrogens with one attached hydrogen (secondary N) is 1. The molecule has 0 aliphatic carbocycles. The monoisotopic (exact) mass is 480 g/mol. The molecule has 2 aromatic rings. The summed E-state index contributed by atoms with van der Waals surface area (Å²) in [5.41, 5.74) is 1.24. The number of carbonyl (C=O) groups is 2. The summed E-state index contributed by atoms with van der Waals surface area (Å²) >= 11 is 7.37. The Labute approximate surface area is 198 Å². The quantitative estimate of drug-likeness (QED) is 0.461. The van der Waals surface area contributed by atoms with Gasteiger partial charge >= 0.3 is 0 Å².